The summed E-state index contributed by atoms with van der Waals surface area (Å²) in [5, 5.41) is 10.0. The number of rotatable bonds is 5. The fraction of sp³-hybridized carbons (Fsp3) is 0.533. The van der Waals surface area contributed by atoms with Crippen LogP contribution in [0.2, 0.25) is 5.02 Å². The van der Waals surface area contributed by atoms with E-state index in [1.165, 1.54) is 0 Å². The topological polar surface area (TPSA) is 49.8 Å². The molecule has 5 heteroatoms. The normalized spacial score (nSPS) is 17.9. The van der Waals surface area contributed by atoms with Gasteiger partial charge >= 0.3 is 5.97 Å². The Bertz CT molecular complexity index is 516. The third kappa shape index (κ3) is 2.91. The Kier molecular flexibility index (Phi) is 4.25. The van der Waals surface area contributed by atoms with Gasteiger partial charge in [0.2, 0.25) is 0 Å². The van der Waals surface area contributed by atoms with Crippen LogP contribution in [0.4, 0.5) is 0 Å². The summed E-state index contributed by atoms with van der Waals surface area (Å²) in [6, 6.07) is 5.59. The fourth-order valence-electron chi connectivity index (χ4n) is 2.52. The molecule has 0 aliphatic carbocycles. The molecule has 1 N–H and O–H groups in total. The lowest BCUT2D eigenvalue weighted by molar-refractivity contribution is -0.149. The van der Waals surface area contributed by atoms with Gasteiger partial charge in [-0.2, -0.15) is 0 Å². The maximum atomic E-state index is 11.4. The number of carbonyl (C=O) groups is 1. The monoisotopic (exact) mass is 297 g/mol. The quantitative estimate of drug-likeness (QED) is 0.908. The predicted molar refractivity (Wildman–Crippen MR) is 78.5 cm³/mol. The lowest BCUT2D eigenvalue weighted by atomic mass is 10.0. The van der Waals surface area contributed by atoms with Gasteiger partial charge in [-0.1, -0.05) is 18.5 Å². The number of fused-ring (bicyclic) bond motifs is 1. The summed E-state index contributed by atoms with van der Waals surface area (Å²) in [4.78, 5) is 13.3. The molecule has 1 unspecified atom stereocenters. The van der Waals surface area contributed by atoms with E-state index in [-0.39, 0.29) is 6.10 Å². The van der Waals surface area contributed by atoms with Gasteiger partial charge in [0.15, 0.2) is 0 Å². The molecule has 1 atom stereocenters. The number of halogens is 1. The van der Waals surface area contributed by atoms with E-state index in [0.717, 1.165) is 17.7 Å². The molecule has 0 radical (unpaired) electrons. The number of nitrogens with zero attached hydrogens (tertiary/aromatic N) is 1. The first-order chi connectivity index (χ1) is 9.34. The van der Waals surface area contributed by atoms with Gasteiger partial charge in [-0.25, -0.2) is 0 Å². The van der Waals surface area contributed by atoms with E-state index in [0.29, 0.717) is 18.1 Å². The summed E-state index contributed by atoms with van der Waals surface area (Å²) in [6.07, 6.45) is 0.740. The van der Waals surface area contributed by atoms with Gasteiger partial charge in [0.1, 0.15) is 17.4 Å². The molecular weight excluding hydrogens is 278 g/mol. The van der Waals surface area contributed by atoms with E-state index in [4.69, 9.17) is 16.3 Å². The summed E-state index contributed by atoms with van der Waals surface area (Å²) in [6.45, 7) is 6.65. The van der Waals surface area contributed by atoms with Crippen molar-refractivity contribution >= 4 is 17.6 Å². The number of hydrogen-bond acceptors (Lipinski definition) is 3. The van der Waals surface area contributed by atoms with Gasteiger partial charge in [0.05, 0.1) is 0 Å². The molecule has 0 fully saturated rings. The van der Waals surface area contributed by atoms with E-state index in [1.54, 1.807) is 13.8 Å². The maximum absolute atomic E-state index is 11.4. The van der Waals surface area contributed by atoms with Crippen molar-refractivity contribution in [2.24, 2.45) is 0 Å². The molecule has 1 aliphatic heterocycles. The molecule has 0 saturated carbocycles. The van der Waals surface area contributed by atoms with E-state index in [2.05, 4.69) is 0 Å². The van der Waals surface area contributed by atoms with Crippen molar-refractivity contribution in [1.82, 2.24) is 4.90 Å². The highest BCUT2D eigenvalue weighted by atomic mass is 35.5. The van der Waals surface area contributed by atoms with Crippen LogP contribution >= 0.6 is 11.6 Å². The lowest BCUT2D eigenvalue weighted by Crippen LogP contribution is -2.53. The molecule has 110 valence electrons. The lowest BCUT2D eigenvalue weighted by Gasteiger charge is -2.35. The highest BCUT2D eigenvalue weighted by Gasteiger charge is 2.36. The molecule has 0 amide bonds. The zero-order valence-corrected chi connectivity index (χ0v) is 12.8. The molecule has 2 rings (SSSR count). The second-order valence-electron chi connectivity index (χ2n) is 5.60. The number of hydrogen-bond donors (Lipinski definition) is 1. The van der Waals surface area contributed by atoms with Crippen LogP contribution in [0.25, 0.3) is 0 Å². The summed E-state index contributed by atoms with van der Waals surface area (Å²) < 4.78 is 5.88. The number of carboxylic acid groups (broad SMARTS) is 1. The summed E-state index contributed by atoms with van der Waals surface area (Å²) in [5.41, 5.74) is 0.191. The minimum Gasteiger partial charge on any atom is -0.488 e. The second-order valence-corrected chi connectivity index (χ2v) is 6.04. The van der Waals surface area contributed by atoms with Crippen molar-refractivity contribution in [3.63, 3.8) is 0 Å². The molecule has 0 saturated heterocycles. The van der Waals surface area contributed by atoms with Crippen molar-refractivity contribution in [3.8, 4) is 5.75 Å². The largest absolute Gasteiger partial charge is 0.488 e. The van der Waals surface area contributed by atoms with Crippen LogP contribution in [-0.2, 0) is 11.2 Å². The van der Waals surface area contributed by atoms with Crippen molar-refractivity contribution in [3.05, 3.63) is 28.8 Å². The molecule has 1 aromatic carbocycles. The summed E-state index contributed by atoms with van der Waals surface area (Å²) >= 11 is 5.97. The van der Waals surface area contributed by atoms with Gasteiger partial charge in [-0.05, 0) is 44.2 Å². The van der Waals surface area contributed by atoms with Gasteiger partial charge in [0, 0.05) is 18.0 Å². The van der Waals surface area contributed by atoms with Gasteiger partial charge in [0.25, 0.3) is 0 Å². The first kappa shape index (κ1) is 15.1. The Morgan fingerprint density at radius 1 is 1.55 bits per heavy atom. The number of aliphatic carboxylic acids is 1. The molecule has 0 spiro atoms. The van der Waals surface area contributed by atoms with Crippen LogP contribution in [-0.4, -0.2) is 40.7 Å². The minimum atomic E-state index is -0.898. The average Bonchev–Trinajstić information content (AvgIpc) is 2.76. The molecule has 4 nitrogen and oxygen atoms in total. The summed E-state index contributed by atoms with van der Waals surface area (Å²) in [7, 11) is 0. The smallest absolute Gasteiger partial charge is 0.323 e. The summed E-state index contributed by atoms with van der Waals surface area (Å²) in [5.74, 6) is 0.0292. The highest BCUT2D eigenvalue weighted by molar-refractivity contribution is 6.30. The van der Waals surface area contributed by atoms with Crippen LogP contribution in [0.15, 0.2) is 18.2 Å². The van der Waals surface area contributed by atoms with Crippen molar-refractivity contribution < 1.29 is 14.6 Å². The molecule has 1 aliphatic rings. The standard InChI is InChI=1S/C15H20ClNO3/c1-4-17(15(2,3)14(18)19)9-12-8-10-7-11(16)5-6-13(10)20-12/h5-7,12H,4,8-9H2,1-3H3,(H,18,19). The zero-order chi connectivity index (χ0) is 14.9. The van der Waals surface area contributed by atoms with Gasteiger partial charge in [-0.15, -0.1) is 0 Å². The fourth-order valence-corrected chi connectivity index (χ4v) is 2.72. The molecule has 20 heavy (non-hydrogen) atoms. The Hall–Kier alpha value is -1.26. The van der Waals surface area contributed by atoms with Gasteiger partial charge < -0.3 is 9.84 Å². The Morgan fingerprint density at radius 2 is 2.25 bits per heavy atom. The van der Waals surface area contributed by atoms with E-state index < -0.39 is 11.5 Å². The van der Waals surface area contributed by atoms with Crippen LogP contribution in [0.3, 0.4) is 0 Å². The van der Waals surface area contributed by atoms with Crippen LogP contribution in [0, 0.1) is 0 Å². The third-order valence-electron chi connectivity index (χ3n) is 3.88. The van der Waals surface area contributed by atoms with Crippen molar-refractivity contribution in [2.75, 3.05) is 13.1 Å². The third-order valence-corrected chi connectivity index (χ3v) is 4.12. The molecule has 1 heterocycles. The Labute approximate surface area is 124 Å². The van der Waals surface area contributed by atoms with E-state index >= 15 is 0 Å². The van der Waals surface area contributed by atoms with Gasteiger partial charge in [-0.3, -0.25) is 9.69 Å². The number of benzene rings is 1. The van der Waals surface area contributed by atoms with E-state index in [9.17, 15) is 9.90 Å². The van der Waals surface area contributed by atoms with Crippen molar-refractivity contribution in [2.45, 2.75) is 38.8 Å². The van der Waals surface area contributed by atoms with Crippen LogP contribution in [0.5, 0.6) is 5.75 Å². The zero-order valence-electron chi connectivity index (χ0n) is 12.0. The van der Waals surface area contributed by atoms with Crippen LogP contribution in [0.1, 0.15) is 26.3 Å². The second kappa shape index (κ2) is 5.62. The first-order valence-corrected chi connectivity index (χ1v) is 7.16. The molecule has 0 bridgehead atoms. The van der Waals surface area contributed by atoms with Crippen molar-refractivity contribution in [1.29, 1.82) is 0 Å². The maximum Gasteiger partial charge on any atom is 0.323 e. The number of likely N-dealkylation sites (N-methyl/N-ethyl adjacent to an activating group) is 1. The Morgan fingerprint density at radius 3 is 2.85 bits per heavy atom. The molecule has 1 aromatic rings. The predicted octanol–water partition coefficient (Wildman–Crippen LogP) is 2.83. The number of ether oxygens (including phenoxy) is 1. The SMILES string of the molecule is CCN(CC1Cc2cc(Cl)ccc2O1)C(C)(C)C(=O)O. The average molecular weight is 298 g/mol. The first-order valence-electron chi connectivity index (χ1n) is 6.78. The van der Waals surface area contributed by atoms with E-state index in [1.807, 2.05) is 30.0 Å². The molecule has 0 aromatic heterocycles. The molecular formula is C15H20ClNO3. The highest BCUT2D eigenvalue weighted by Crippen LogP contribution is 2.32. The van der Waals surface area contributed by atoms with Crippen LogP contribution < -0.4 is 4.74 Å². The minimum absolute atomic E-state index is 0.0259. The Balaban J connectivity index is 2.07. The number of carboxylic acids is 1.